The van der Waals surface area contributed by atoms with Crippen molar-refractivity contribution < 1.29 is 4.92 Å². The Kier molecular flexibility index (Phi) is 5.28. The minimum atomic E-state index is -0.327. The SMILES string of the molecule is CCC(c1cccc([N+](=O)[O-])c1)C(C)CN(C)C. The van der Waals surface area contributed by atoms with Gasteiger partial charge in [-0.1, -0.05) is 26.0 Å². The summed E-state index contributed by atoms with van der Waals surface area (Å²) >= 11 is 0. The summed E-state index contributed by atoms with van der Waals surface area (Å²) in [4.78, 5) is 12.6. The zero-order valence-corrected chi connectivity index (χ0v) is 11.6. The zero-order chi connectivity index (χ0) is 13.7. The van der Waals surface area contributed by atoms with Crippen LogP contribution in [0.2, 0.25) is 0 Å². The van der Waals surface area contributed by atoms with Gasteiger partial charge in [0, 0.05) is 18.7 Å². The van der Waals surface area contributed by atoms with Crippen LogP contribution in [-0.2, 0) is 0 Å². The molecule has 2 unspecified atom stereocenters. The summed E-state index contributed by atoms with van der Waals surface area (Å²) < 4.78 is 0. The summed E-state index contributed by atoms with van der Waals surface area (Å²) in [6, 6.07) is 7.03. The van der Waals surface area contributed by atoms with Gasteiger partial charge in [-0.3, -0.25) is 10.1 Å². The predicted molar refractivity (Wildman–Crippen MR) is 73.8 cm³/mol. The van der Waals surface area contributed by atoms with E-state index < -0.39 is 0 Å². The molecule has 0 aliphatic carbocycles. The van der Waals surface area contributed by atoms with Crippen LogP contribution in [0.5, 0.6) is 0 Å². The van der Waals surface area contributed by atoms with E-state index in [1.165, 1.54) is 0 Å². The van der Waals surface area contributed by atoms with E-state index in [4.69, 9.17) is 0 Å². The highest BCUT2D eigenvalue weighted by atomic mass is 16.6. The van der Waals surface area contributed by atoms with Gasteiger partial charge in [-0.25, -0.2) is 0 Å². The molecule has 0 N–H and O–H groups in total. The van der Waals surface area contributed by atoms with Crippen molar-refractivity contribution in [2.75, 3.05) is 20.6 Å². The van der Waals surface area contributed by atoms with Crippen molar-refractivity contribution in [2.24, 2.45) is 5.92 Å². The molecule has 1 rings (SSSR count). The van der Waals surface area contributed by atoms with Gasteiger partial charge >= 0.3 is 0 Å². The Bertz CT molecular complexity index is 405. The van der Waals surface area contributed by atoms with E-state index in [1.54, 1.807) is 18.2 Å². The second-order valence-corrected chi connectivity index (χ2v) is 5.11. The van der Waals surface area contributed by atoms with E-state index >= 15 is 0 Å². The van der Waals surface area contributed by atoms with Gasteiger partial charge in [0.2, 0.25) is 0 Å². The van der Waals surface area contributed by atoms with Gasteiger partial charge in [0.15, 0.2) is 0 Å². The number of benzene rings is 1. The molecule has 0 spiro atoms. The summed E-state index contributed by atoms with van der Waals surface area (Å²) in [5.41, 5.74) is 1.25. The van der Waals surface area contributed by atoms with Crippen molar-refractivity contribution in [1.82, 2.24) is 4.90 Å². The first kappa shape index (κ1) is 14.6. The second-order valence-electron chi connectivity index (χ2n) is 5.11. The van der Waals surface area contributed by atoms with E-state index in [1.807, 2.05) is 6.07 Å². The Hall–Kier alpha value is -1.42. The third-order valence-electron chi connectivity index (χ3n) is 3.29. The summed E-state index contributed by atoms with van der Waals surface area (Å²) in [5, 5.41) is 10.8. The molecule has 0 bridgehead atoms. The molecule has 2 atom stereocenters. The number of hydrogen-bond acceptors (Lipinski definition) is 3. The van der Waals surface area contributed by atoms with Crippen molar-refractivity contribution >= 4 is 5.69 Å². The molecule has 0 aliphatic heterocycles. The largest absolute Gasteiger partial charge is 0.309 e. The van der Waals surface area contributed by atoms with Crippen LogP contribution in [0.25, 0.3) is 0 Å². The topological polar surface area (TPSA) is 46.4 Å². The van der Waals surface area contributed by atoms with Gasteiger partial charge in [-0.2, -0.15) is 0 Å². The van der Waals surface area contributed by atoms with Crippen LogP contribution < -0.4 is 0 Å². The van der Waals surface area contributed by atoms with E-state index in [-0.39, 0.29) is 10.6 Å². The first-order valence-corrected chi connectivity index (χ1v) is 6.34. The first-order valence-electron chi connectivity index (χ1n) is 6.34. The maximum atomic E-state index is 10.8. The molecular formula is C14H22N2O2. The Labute approximate surface area is 109 Å². The predicted octanol–water partition coefficient (Wildman–Crippen LogP) is 3.29. The number of hydrogen-bond donors (Lipinski definition) is 0. The van der Waals surface area contributed by atoms with Crippen LogP contribution in [0.3, 0.4) is 0 Å². The Morgan fingerprint density at radius 3 is 2.56 bits per heavy atom. The van der Waals surface area contributed by atoms with Crippen molar-refractivity contribution in [1.29, 1.82) is 0 Å². The van der Waals surface area contributed by atoms with E-state index in [2.05, 4.69) is 32.8 Å². The molecule has 0 heterocycles. The van der Waals surface area contributed by atoms with E-state index in [0.717, 1.165) is 18.5 Å². The third-order valence-corrected chi connectivity index (χ3v) is 3.29. The zero-order valence-electron chi connectivity index (χ0n) is 11.6. The van der Waals surface area contributed by atoms with Gasteiger partial charge in [0.1, 0.15) is 0 Å². The lowest BCUT2D eigenvalue weighted by Gasteiger charge is -2.25. The molecule has 0 radical (unpaired) electrons. The minimum Gasteiger partial charge on any atom is -0.309 e. The minimum absolute atomic E-state index is 0.183. The Morgan fingerprint density at radius 1 is 1.39 bits per heavy atom. The van der Waals surface area contributed by atoms with Crippen molar-refractivity contribution in [3.63, 3.8) is 0 Å². The van der Waals surface area contributed by atoms with Gasteiger partial charge in [0.05, 0.1) is 4.92 Å². The summed E-state index contributed by atoms with van der Waals surface area (Å²) in [5.74, 6) is 0.847. The second kappa shape index (κ2) is 6.50. The first-order chi connectivity index (χ1) is 8.45. The average Bonchev–Trinajstić information content (AvgIpc) is 2.29. The standard InChI is InChI=1S/C14H22N2O2/c1-5-14(11(2)10-15(3)4)12-7-6-8-13(9-12)16(17)18/h6-9,11,14H,5,10H2,1-4H3. The van der Waals surface area contributed by atoms with Crippen LogP contribution in [0.4, 0.5) is 5.69 Å². The fraction of sp³-hybridized carbons (Fsp3) is 0.571. The smallest absolute Gasteiger partial charge is 0.269 e. The number of nitro benzene ring substituents is 1. The van der Waals surface area contributed by atoms with Crippen LogP contribution in [0, 0.1) is 16.0 Å². The molecule has 0 aromatic heterocycles. The highest BCUT2D eigenvalue weighted by Crippen LogP contribution is 2.30. The van der Waals surface area contributed by atoms with Crippen LogP contribution in [-0.4, -0.2) is 30.5 Å². The molecule has 1 aromatic carbocycles. The number of non-ortho nitro benzene ring substituents is 1. The fourth-order valence-electron chi connectivity index (χ4n) is 2.54. The maximum absolute atomic E-state index is 10.8. The van der Waals surface area contributed by atoms with Gasteiger partial charge in [-0.15, -0.1) is 0 Å². The molecule has 0 fully saturated rings. The molecule has 18 heavy (non-hydrogen) atoms. The molecule has 1 aromatic rings. The molecule has 4 heteroatoms. The van der Waals surface area contributed by atoms with Crippen molar-refractivity contribution in [3.8, 4) is 0 Å². The summed E-state index contributed by atoms with van der Waals surface area (Å²) in [7, 11) is 4.10. The van der Waals surface area contributed by atoms with Gasteiger partial charge in [0.25, 0.3) is 5.69 Å². The van der Waals surface area contributed by atoms with Gasteiger partial charge < -0.3 is 4.90 Å². The monoisotopic (exact) mass is 250 g/mol. The highest BCUT2D eigenvalue weighted by molar-refractivity contribution is 5.36. The van der Waals surface area contributed by atoms with Crippen LogP contribution in [0.15, 0.2) is 24.3 Å². The molecule has 0 aliphatic rings. The molecule has 100 valence electrons. The average molecular weight is 250 g/mol. The molecule has 0 amide bonds. The lowest BCUT2D eigenvalue weighted by Crippen LogP contribution is -2.24. The number of nitro groups is 1. The molecule has 0 saturated heterocycles. The summed E-state index contributed by atoms with van der Waals surface area (Å²) in [6.07, 6.45) is 0.996. The van der Waals surface area contributed by atoms with Crippen molar-refractivity contribution in [3.05, 3.63) is 39.9 Å². The Balaban J connectivity index is 2.94. The third kappa shape index (κ3) is 3.81. The van der Waals surface area contributed by atoms with Crippen LogP contribution >= 0.6 is 0 Å². The van der Waals surface area contributed by atoms with Gasteiger partial charge in [-0.05, 0) is 37.9 Å². The number of nitrogens with zero attached hydrogens (tertiary/aromatic N) is 2. The fourth-order valence-corrected chi connectivity index (χ4v) is 2.54. The lowest BCUT2D eigenvalue weighted by atomic mass is 9.85. The molecule has 0 saturated carbocycles. The maximum Gasteiger partial charge on any atom is 0.269 e. The normalized spacial score (nSPS) is 14.5. The molecular weight excluding hydrogens is 228 g/mol. The van der Waals surface area contributed by atoms with Crippen molar-refractivity contribution in [2.45, 2.75) is 26.2 Å². The van der Waals surface area contributed by atoms with Crippen LogP contribution in [0.1, 0.15) is 31.7 Å². The van der Waals surface area contributed by atoms with E-state index in [9.17, 15) is 10.1 Å². The lowest BCUT2D eigenvalue weighted by molar-refractivity contribution is -0.384. The highest BCUT2D eigenvalue weighted by Gasteiger charge is 2.20. The quantitative estimate of drug-likeness (QED) is 0.575. The Morgan fingerprint density at radius 2 is 2.06 bits per heavy atom. The summed E-state index contributed by atoms with van der Waals surface area (Å²) in [6.45, 7) is 5.32. The molecule has 4 nitrogen and oxygen atoms in total. The van der Waals surface area contributed by atoms with E-state index in [0.29, 0.717) is 11.8 Å². The number of rotatable bonds is 6.